The number of carbonyl (C=O) groups excluding carboxylic acids is 2. The molecule has 0 aromatic heterocycles. The monoisotopic (exact) mass is 276 g/mol. The predicted octanol–water partition coefficient (Wildman–Crippen LogP) is 2.65. The van der Waals surface area contributed by atoms with Gasteiger partial charge in [0.05, 0.1) is 13.2 Å². The zero-order valence-electron chi connectivity index (χ0n) is 12.2. The minimum atomic E-state index is -1.23. The Balaban J connectivity index is 4.91. The highest BCUT2D eigenvalue weighted by molar-refractivity contribution is 8.00. The van der Waals surface area contributed by atoms with E-state index in [0.717, 1.165) is 0 Å². The fourth-order valence-electron chi connectivity index (χ4n) is 1.14. The molecule has 0 saturated heterocycles. The fraction of sp³-hybridized carbons (Fsp3) is 0.846. The number of rotatable bonds is 6. The van der Waals surface area contributed by atoms with Crippen LogP contribution >= 0.6 is 11.8 Å². The smallest absolute Gasteiger partial charge is 0.324 e. The van der Waals surface area contributed by atoms with Crippen LogP contribution in [0.2, 0.25) is 0 Å². The average molecular weight is 276 g/mol. The van der Waals surface area contributed by atoms with Gasteiger partial charge < -0.3 is 9.47 Å². The van der Waals surface area contributed by atoms with Crippen molar-refractivity contribution in [3.8, 4) is 0 Å². The molecule has 0 aliphatic carbocycles. The first kappa shape index (κ1) is 17.3. The molecule has 0 fully saturated rings. The Morgan fingerprint density at radius 1 is 0.944 bits per heavy atom. The molecular weight excluding hydrogens is 252 g/mol. The third-order valence-corrected chi connectivity index (χ3v) is 3.83. The molecule has 0 unspecified atom stereocenters. The largest absolute Gasteiger partial charge is 0.465 e. The summed E-state index contributed by atoms with van der Waals surface area (Å²) in [5.74, 6) is -0.672. The van der Waals surface area contributed by atoms with Crippen molar-refractivity contribution in [3.63, 3.8) is 0 Å². The van der Waals surface area contributed by atoms with Gasteiger partial charge in [0.2, 0.25) is 0 Å². The fourth-order valence-corrected chi connectivity index (χ4v) is 2.10. The van der Waals surface area contributed by atoms with Crippen molar-refractivity contribution in [2.24, 2.45) is 5.41 Å². The van der Waals surface area contributed by atoms with E-state index >= 15 is 0 Å². The first-order chi connectivity index (χ1) is 8.17. The molecule has 0 saturated carbocycles. The molecule has 0 heterocycles. The van der Waals surface area contributed by atoms with Crippen LogP contribution in [-0.4, -0.2) is 35.7 Å². The van der Waals surface area contributed by atoms with E-state index in [2.05, 4.69) is 0 Å². The van der Waals surface area contributed by atoms with Gasteiger partial charge in [-0.1, -0.05) is 20.8 Å². The predicted molar refractivity (Wildman–Crippen MR) is 73.6 cm³/mol. The van der Waals surface area contributed by atoms with E-state index in [1.165, 1.54) is 0 Å². The lowest BCUT2D eigenvalue weighted by Gasteiger charge is -2.28. The van der Waals surface area contributed by atoms with Gasteiger partial charge in [0.25, 0.3) is 0 Å². The van der Waals surface area contributed by atoms with Crippen molar-refractivity contribution in [2.45, 2.75) is 46.3 Å². The summed E-state index contributed by atoms with van der Waals surface area (Å²) >= 11 is 1.55. The molecule has 0 aromatic rings. The maximum Gasteiger partial charge on any atom is 0.324 e. The number of hydrogen-bond acceptors (Lipinski definition) is 5. The number of esters is 2. The summed E-state index contributed by atoms with van der Waals surface area (Å²) < 4.78 is 9.95. The van der Waals surface area contributed by atoms with Gasteiger partial charge in [0.15, 0.2) is 5.41 Å². The minimum Gasteiger partial charge on any atom is -0.465 e. The van der Waals surface area contributed by atoms with E-state index in [-0.39, 0.29) is 18.0 Å². The standard InChI is InChI=1S/C13H24O4S/c1-7-16-10(14)13(6,11(15)17-8-2)9-18-12(3,4)5/h7-9H2,1-6H3. The molecule has 0 spiro atoms. The molecule has 5 heteroatoms. The van der Waals surface area contributed by atoms with E-state index in [1.807, 2.05) is 20.8 Å². The maximum absolute atomic E-state index is 12.0. The van der Waals surface area contributed by atoms with Crippen molar-refractivity contribution < 1.29 is 19.1 Å². The van der Waals surface area contributed by atoms with Crippen LogP contribution in [0.25, 0.3) is 0 Å². The first-order valence-electron chi connectivity index (χ1n) is 6.15. The van der Waals surface area contributed by atoms with Crippen LogP contribution in [0.15, 0.2) is 0 Å². The van der Waals surface area contributed by atoms with E-state index < -0.39 is 17.4 Å². The van der Waals surface area contributed by atoms with Crippen LogP contribution in [0, 0.1) is 5.41 Å². The lowest BCUT2D eigenvalue weighted by molar-refractivity contribution is -0.168. The average Bonchev–Trinajstić information content (AvgIpc) is 2.25. The summed E-state index contributed by atoms with van der Waals surface area (Å²) in [6, 6.07) is 0. The summed E-state index contributed by atoms with van der Waals surface area (Å²) in [5, 5.41) is 0. The highest BCUT2D eigenvalue weighted by atomic mass is 32.2. The zero-order chi connectivity index (χ0) is 14.4. The van der Waals surface area contributed by atoms with Gasteiger partial charge >= 0.3 is 11.9 Å². The topological polar surface area (TPSA) is 52.6 Å². The van der Waals surface area contributed by atoms with Crippen molar-refractivity contribution in [1.82, 2.24) is 0 Å². The number of carbonyl (C=O) groups is 2. The zero-order valence-corrected chi connectivity index (χ0v) is 13.0. The van der Waals surface area contributed by atoms with Gasteiger partial charge in [-0.05, 0) is 20.8 Å². The molecule has 0 aromatic carbocycles. The van der Waals surface area contributed by atoms with E-state index in [9.17, 15) is 9.59 Å². The second-order valence-corrected chi connectivity index (χ2v) is 6.98. The molecule has 0 atom stereocenters. The summed E-state index contributed by atoms with van der Waals surface area (Å²) in [4.78, 5) is 23.9. The number of hydrogen-bond donors (Lipinski definition) is 0. The first-order valence-corrected chi connectivity index (χ1v) is 7.14. The molecule has 4 nitrogen and oxygen atoms in total. The Morgan fingerprint density at radius 3 is 1.61 bits per heavy atom. The Labute approximate surface area is 114 Å². The molecule has 0 amide bonds. The summed E-state index contributed by atoms with van der Waals surface area (Å²) in [6.45, 7) is 11.7. The van der Waals surface area contributed by atoms with Crippen LogP contribution in [-0.2, 0) is 19.1 Å². The van der Waals surface area contributed by atoms with Crippen molar-refractivity contribution in [3.05, 3.63) is 0 Å². The Hall–Kier alpha value is -0.710. The summed E-state index contributed by atoms with van der Waals surface area (Å²) in [5.41, 5.74) is -1.23. The van der Waals surface area contributed by atoms with Crippen molar-refractivity contribution in [1.29, 1.82) is 0 Å². The third-order valence-electron chi connectivity index (χ3n) is 2.25. The maximum atomic E-state index is 12.0. The van der Waals surface area contributed by atoms with Crippen LogP contribution in [0.5, 0.6) is 0 Å². The van der Waals surface area contributed by atoms with Crippen LogP contribution < -0.4 is 0 Å². The van der Waals surface area contributed by atoms with Crippen LogP contribution in [0.1, 0.15) is 41.5 Å². The third kappa shape index (κ3) is 5.29. The molecule has 0 aliphatic heterocycles. The van der Waals surface area contributed by atoms with E-state index in [1.54, 1.807) is 32.5 Å². The molecule has 0 aliphatic rings. The normalized spacial score (nSPS) is 12.1. The van der Waals surface area contributed by atoms with E-state index in [4.69, 9.17) is 9.47 Å². The van der Waals surface area contributed by atoms with Crippen molar-refractivity contribution >= 4 is 23.7 Å². The van der Waals surface area contributed by atoms with Crippen molar-refractivity contribution in [2.75, 3.05) is 19.0 Å². The second kappa shape index (κ2) is 7.02. The highest BCUT2D eigenvalue weighted by Crippen LogP contribution is 2.33. The number of ether oxygens (including phenoxy) is 2. The molecule has 0 rings (SSSR count). The van der Waals surface area contributed by atoms with Crippen LogP contribution in [0.3, 0.4) is 0 Å². The SMILES string of the molecule is CCOC(=O)C(C)(CSC(C)(C)C)C(=O)OCC. The molecule has 0 N–H and O–H groups in total. The van der Waals surface area contributed by atoms with Gasteiger partial charge in [0.1, 0.15) is 0 Å². The lowest BCUT2D eigenvalue weighted by Crippen LogP contribution is -2.42. The molecule has 0 radical (unpaired) electrons. The van der Waals surface area contributed by atoms with Gasteiger partial charge in [-0.2, -0.15) is 11.8 Å². The minimum absolute atomic E-state index is 0.0275. The summed E-state index contributed by atoms with van der Waals surface area (Å²) in [7, 11) is 0. The lowest BCUT2D eigenvalue weighted by atomic mass is 9.93. The number of thioether (sulfide) groups is 1. The Kier molecular flexibility index (Phi) is 6.74. The summed E-state index contributed by atoms with van der Waals surface area (Å²) in [6.07, 6.45) is 0. The Morgan fingerprint density at radius 2 is 1.33 bits per heavy atom. The molecule has 18 heavy (non-hydrogen) atoms. The van der Waals surface area contributed by atoms with Gasteiger partial charge in [0, 0.05) is 10.5 Å². The molecular formula is C13H24O4S. The van der Waals surface area contributed by atoms with Gasteiger partial charge in [-0.15, -0.1) is 0 Å². The Bertz CT molecular complexity index is 276. The second-order valence-electron chi connectivity index (χ2n) is 5.17. The van der Waals surface area contributed by atoms with Gasteiger partial charge in [-0.3, -0.25) is 9.59 Å². The van der Waals surface area contributed by atoms with E-state index in [0.29, 0.717) is 5.75 Å². The van der Waals surface area contributed by atoms with Crippen LogP contribution in [0.4, 0.5) is 0 Å². The molecule has 106 valence electrons. The van der Waals surface area contributed by atoms with Gasteiger partial charge in [-0.25, -0.2) is 0 Å². The highest BCUT2D eigenvalue weighted by Gasteiger charge is 2.45. The molecule has 0 bridgehead atoms. The quantitative estimate of drug-likeness (QED) is 0.551.